The van der Waals surface area contributed by atoms with Gasteiger partial charge in [-0.15, -0.1) is 0 Å². The summed E-state index contributed by atoms with van der Waals surface area (Å²) in [6.07, 6.45) is 0.342. The van der Waals surface area contributed by atoms with E-state index in [-0.39, 0.29) is 13.2 Å². The topological polar surface area (TPSA) is 65.7 Å². The molecule has 0 amide bonds. The lowest BCUT2D eigenvalue weighted by atomic mass is 9.98. The number of ether oxygens (including phenoxy) is 2. The predicted molar refractivity (Wildman–Crippen MR) is 108 cm³/mol. The molecule has 146 valence electrons. The van der Waals surface area contributed by atoms with Gasteiger partial charge < -0.3 is 13.9 Å². The lowest BCUT2D eigenvalue weighted by molar-refractivity contribution is -0.145. The first-order valence-corrected chi connectivity index (χ1v) is 9.37. The van der Waals surface area contributed by atoms with Gasteiger partial charge in [0, 0.05) is 17.0 Å². The zero-order valence-electron chi connectivity index (χ0n) is 16.0. The Hall–Kier alpha value is -2.79. The molecule has 0 aliphatic carbocycles. The number of hydrogen-bond donors (Lipinski definition) is 0. The van der Waals surface area contributed by atoms with E-state index in [2.05, 4.69) is 0 Å². The second-order valence-corrected chi connectivity index (χ2v) is 6.90. The molecule has 0 atom stereocenters. The van der Waals surface area contributed by atoms with E-state index in [9.17, 15) is 9.59 Å². The SMILES string of the molecule is CCOC(=O)COc1cc(C)cc2oc(=O)c(Cc3ccccc3Cl)c(C)c12. The van der Waals surface area contributed by atoms with E-state index >= 15 is 0 Å². The number of carbonyl (C=O) groups is 1. The van der Waals surface area contributed by atoms with Gasteiger partial charge in [-0.1, -0.05) is 29.8 Å². The Bertz CT molecular complexity index is 1080. The molecule has 3 rings (SSSR count). The van der Waals surface area contributed by atoms with E-state index in [0.29, 0.717) is 33.7 Å². The molecular formula is C22H21ClO5. The van der Waals surface area contributed by atoms with Gasteiger partial charge in [0.25, 0.3) is 0 Å². The molecule has 0 aliphatic rings. The number of fused-ring (bicyclic) bond motifs is 1. The average Bonchev–Trinajstić information content (AvgIpc) is 2.64. The van der Waals surface area contributed by atoms with Crippen molar-refractivity contribution in [2.75, 3.05) is 13.2 Å². The molecule has 0 radical (unpaired) electrons. The molecular weight excluding hydrogens is 380 g/mol. The van der Waals surface area contributed by atoms with E-state index in [1.54, 1.807) is 19.1 Å². The zero-order valence-corrected chi connectivity index (χ0v) is 16.8. The molecule has 0 saturated heterocycles. The summed E-state index contributed by atoms with van der Waals surface area (Å²) in [5, 5.41) is 1.25. The van der Waals surface area contributed by atoms with Crippen LogP contribution in [0.4, 0.5) is 0 Å². The van der Waals surface area contributed by atoms with Crippen LogP contribution in [0.15, 0.2) is 45.6 Å². The average molecular weight is 401 g/mol. The van der Waals surface area contributed by atoms with Crippen LogP contribution in [0.3, 0.4) is 0 Å². The van der Waals surface area contributed by atoms with Gasteiger partial charge in [-0.2, -0.15) is 0 Å². The van der Waals surface area contributed by atoms with Crippen molar-refractivity contribution in [2.45, 2.75) is 27.2 Å². The van der Waals surface area contributed by atoms with Gasteiger partial charge in [-0.25, -0.2) is 9.59 Å². The highest BCUT2D eigenvalue weighted by Crippen LogP contribution is 2.32. The molecule has 3 aromatic rings. The molecule has 1 heterocycles. The standard InChI is InChI=1S/C22H21ClO5/c1-4-26-20(24)12-27-18-9-13(2)10-19-21(18)14(3)16(22(25)28-19)11-15-7-5-6-8-17(15)23/h5-10H,4,11-12H2,1-3H3. The molecule has 0 bridgehead atoms. The maximum absolute atomic E-state index is 12.6. The second kappa shape index (κ2) is 8.48. The third-order valence-electron chi connectivity index (χ3n) is 4.46. The summed E-state index contributed by atoms with van der Waals surface area (Å²) in [6.45, 7) is 5.51. The summed E-state index contributed by atoms with van der Waals surface area (Å²) >= 11 is 6.25. The number of esters is 1. The third kappa shape index (κ3) is 4.20. The fourth-order valence-electron chi connectivity index (χ4n) is 3.13. The van der Waals surface area contributed by atoms with Crippen LogP contribution in [0.2, 0.25) is 5.02 Å². The number of carbonyl (C=O) groups excluding carboxylic acids is 1. The first-order chi connectivity index (χ1) is 13.4. The molecule has 1 aromatic heterocycles. The largest absolute Gasteiger partial charge is 0.481 e. The van der Waals surface area contributed by atoms with Crippen molar-refractivity contribution < 1.29 is 18.7 Å². The van der Waals surface area contributed by atoms with Gasteiger partial charge in [0.1, 0.15) is 11.3 Å². The molecule has 0 spiro atoms. The van der Waals surface area contributed by atoms with Crippen LogP contribution in [0.1, 0.15) is 29.2 Å². The van der Waals surface area contributed by atoms with Crippen LogP contribution in [-0.2, 0) is 16.0 Å². The first-order valence-electron chi connectivity index (χ1n) is 8.99. The smallest absolute Gasteiger partial charge is 0.344 e. The lowest BCUT2D eigenvalue weighted by Crippen LogP contribution is -2.16. The minimum atomic E-state index is -0.455. The van der Waals surface area contributed by atoms with Crippen molar-refractivity contribution in [1.29, 1.82) is 0 Å². The van der Waals surface area contributed by atoms with Crippen molar-refractivity contribution in [2.24, 2.45) is 0 Å². The molecule has 0 fully saturated rings. The predicted octanol–water partition coefficient (Wildman–Crippen LogP) is 4.60. The van der Waals surface area contributed by atoms with Gasteiger partial charge in [0.05, 0.1) is 12.0 Å². The Kier molecular flexibility index (Phi) is 6.05. The maximum atomic E-state index is 12.6. The molecule has 0 unspecified atom stereocenters. The molecule has 28 heavy (non-hydrogen) atoms. The van der Waals surface area contributed by atoms with E-state index in [1.165, 1.54) is 0 Å². The number of hydrogen-bond acceptors (Lipinski definition) is 5. The van der Waals surface area contributed by atoms with Gasteiger partial charge in [0.2, 0.25) is 0 Å². The highest BCUT2D eigenvalue weighted by atomic mass is 35.5. The molecule has 6 heteroatoms. The van der Waals surface area contributed by atoms with E-state index in [0.717, 1.165) is 16.7 Å². The Balaban J connectivity index is 2.08. The number of aryl methyl sites for hydroxylation is 2. The Morgan fingerprint density at radius 3 is 2.64 bits per heavy atom. The quantitative estimate of drug-likeness (QED) is 0.447. The Morgan fingerprint density at radius 2 is 1.93 bits per heavy atom. The monoisotopic (exact) mass is 400 g/mol. The summed E-state index contributed by atoms with van der Waals surface area (Å²) < 4.78 is 16.2. The van der Waals surface area contributed by atoms with Crippen LogP contribution >= 0.6 is 11.6 Å². The van der Waals surface area contributed by atoms with Gasteiger partial charge in [-0.05, 0) is 55.7 Å². The van der Waals surface area contributed by atoms with Crippen molar-refractivity contribution in [3.05, 3.63) is 74.1 Å². The number of halogens is 1. The van der Waals surface area contributed by atoms with Gasteiger partial charge in [-0.3, -0.25) is 0 Å². The van der Waals surface area contributed by atoms with E-state index < -0.39 is 11.6 Å². The Labute approximate surface area is 167 Å². The van der Waals surface area contributed by atoms with Crippen LogP contribution in [0.5, 0.6) is 5.75 Å². The van der Waals surface area contributed by atoms with Gasteiger partial charge >= 0.3 is 11.6 Å². The van der Waals surface area contributed by atoms with E-state index in [4.69, 9.17) is 25.5 Å². The third-order valence-corrected chi connectivity index (χ3v) is 4.83. The fourth-order valence-corrected chi connectivity index (χ4v) is 3.33. The lowest BCUT2D eigenvalue weighted by Gasteiger charge is -2.14. The summed E-state index contributed by atoms with van der Waals surface area (Å²) in [7, 11) is 0. The maximum Gasteiger partial charge on any atom is 0.344 e. The van der Waals surface area contributed by atoms with Crippen LogP contribution in [0.25, 0.3) is 11.0 Å². The summed E-state index contributed by atoms with van der Waals surface area (Å²) in [6, 6.07) is 11.0. The second-order valence-electron chi connectivity index (χ2n) is 6.49. The molecule has 0 aliphatic heterocycles. The normalized spacial score (nSPS) is 10.9. The minimum Gasteiger partial charge on any atom is -0.481 e. The van der Waals surface area contributed by atoms with Crippen molar-refractivity contribution in [1.82, 2.24) is 0 Å². The molecule has 0 saturated carbocycles. The number of rotatable bonds is 6. The highest BCUT2D eigenvalue weighted by molar-refractivity contribution is 6.31. The van der Waals surface area contributed by atoms with Gasteiger partial charge in [0.15, 0.2) is 6.61 Å². The zero-order chi connectivity index (χ0) is 20.3. The highest BCUT2D eigenvalue weighted by Gasteiger charge is 2.18. The van der Waals surface area contributed by atoms with Crippen molar-refractivity contribution in [3.63, 3.8) is 0 Å². The first kappa shape index (κ1) is 20.0. The van der Waals surface area contributed by atoms with Crippen molar-refractivity contribution >= 4 is 28.5 Å². The molecule has 0 N–H and O–H groups in total. The summed E-state index contributed by atoms with van der Waals surface area (Å²) in [5.41, 5.74) is 2.94. The van der Waals surface area contributed by atoms with Crippen LogP contribution < -0.4 is 10.4 Å². The van der Waals surface area contributed by atoms with Crippen LogP contribution in [-0.4, -0.2) is 19.2 Å². The molecule has 5 nitrogen and oxygen atoms in total. The van der Waals surface area contributed by atoms with E-state index in [1.807, 2.05) is 38.1 Å². The van der Waals surface area contributed by atoms with Crippen LogP contribution in [0, 0.1) is 13.8 Å². The Morgan fingerprint density at radius 1 is 1.18 bits per heavy atom. The number of benzene rings is 2. The summed E-state index contributed by atoms with van der Waals surface area (Å²) in [4.78, 5) is 24.3. The summed E-state index contributed by atoms with van der Waals surface area (Å²) in [5.74, 6) is 0.0215. The fraction of sp³-hybridized carbons (Fsp3) is 0.273. The molecule has 2 aromatic carbocycles. The minimum absolute atomic E-state index is 0.217. The van der Waals surface area contributed by atoms with Crippen molar-refractivity contribution in [3.8, 4) is 5.75 Å².